The largest absolute Gasteiger partial charge is 0.507 e. The highest BCUT2D eigenvalue weighted by atomic mass is 35.5. The highest BCUT2D eigenvalue weighted by Crippen LogP contribution is 2.25. The minimum absolute atomic E-state index is 0.0623. The van der Waals surface area contributed by atoms with Gasteiger partial charge in [-0.15, -0.1) is 0 Å². The Morgan fingerprint density at radius 3 is 1.35 bits per heavy atom. The summed E-state index contributed by atoms with van der Waals surface area (Å²) in [4.78, 5) is 43.8. The second-order valence-corrected chi connectivity index (χ2v) is 12.2. The van der Waals surface area contributed by atoms with Gasteiger partial charge >= 0.3 is 0 Å². The molecule has 0 saturated carbocycles. The number of aliphatic hydroxyl groups is 2. The fraction of sp³-hybridized carbons (Fsp3) is 0.111. The Morgan fingerprint density at radius 1 is 0.604 bits per heavy atom. The number of aromatic nitrogens is 4. The van der Waals surface area contributed by atoms with E-state index < -0.39 is 11.1 Å². The molecule has 48 heavy (non-hydrogen) atoms. The topological polar surface area (TPSA) is 138 Å². The molecule has 1 aliphatic heterocycles. The smallest absolute Gasteiger partial charge is 0.274 e. The van der Waals surface area contributed by atoms with Gasteiger partial charge in [-0.3, -0.25) is 9.59 Å². The van der Waals surface area contributed by atoms with Crippen molar-refractivity contribution in [1.29, 1.82) is 0 Å². The van der Waals surface area contributed by atoms with Gasteiger partial charge in [-0.2, -0.15) is 0 Å². The number of nitrogens with one attached hydrogen (secondary N) is 2. The van der Waals surface area contributed by atoms with Crippen LogP contribution >= 0.6 is 23.2 Å². The molecule has 10 nitrogen and oxygen atoms in total. The Labute approximate surface area is 283 Å². The van der Waals surface area contributed by atoms with Gasteiger partial charge in [-0.05, 0) is 84.9 Å². The molecule has 0 unspecified atom stereocenters. The molecule has 0 radical (unpaired) electrons. The maximum Gasteiger partial charge on any atom is 0.274 e. The number of halogens is 2. The molecule has 0 bridgehead atoms. The minimum Gasteiger partial charge on any atom is -0.507 e. The van der Waals surface area contributed by atoms with E-state index >= 15 is 0 Å². The van der Waals surface area contributed by atoms with Crippen molar-refractivity contribution < 1.29 is 10.2 Å². The molecule has 7 rings (SSSR count). The summed E-state index contributed by atoms with van der Waals surface area (Å²) in [5.41, 5.74) is 4.73. The summed E-state index contributed by atoms with van der Waals surface area (Å²) in [6.07, 6.45) is 2.72. The van der Waals surface area contributed by atoms with Crippen LogP contribution in [0.1, 0.15) is 22.5 Å². The van der Waals surface area contributed by atoms with E-state index in [4.69, 9.17) is 23.2 Å². The molecule has 4 aromatic carbocycles. The Kier molecular flexibility index (Phi) is 8.34. The average molecular weight is 680 g/mol. The number of anilines is 2. The van der Waals surface area contributed by atoms with Crippen LogP contribution in [-0.4, -0.2) is 56.3 Å². The second-order valence-electron chi connectivity index (χ2n) is 11.4. The molecule has 1 aliphatic rings. The Morgan fingerprint density at radius 2 is 0.979 bits per heavy atom. The van der Waals surface area contributed by atoms with Gasteiger partial charge in [0, 0.05) is 70.9 Å². The molecule has 1 saturated heterocycles. The van der Waals surface area contributed by atoms with Gasteiger partial charge < -0.3 is 30.0 Å². The average Bonchev–Trinajstić information content (AvgIpc) is 3.09. The minimum atomic E-state index is -0.421. The van der Waals surface area contributed by atoms with Crippen LogP contribution in [0, 0.1) is 0 Å². The summed E-state index contributed by atoms with van der Waals surface area (Å²) >= 11 is 12.0. The van der Waals surface area contributed by atoms with Crippen molar-refractivity contribution in [1.82, 2.24) is 19.9 Å². The first kappa shape index (κ1) is 31.0. The first-order chi connectivity index (χ1) is 23.2. The number of aromatic amines is 2. The summed E-state index contributed by atoms with van der Waals surface area (Å²) in [7, 11) is 0. The Bertz CT molecular complexity index is 2180. The molecule has 0 amide bonds. The first-order valence-electron chi connectivity index (χ1n) is 15.1. The van der Waals surface area contributed by atoms with Crippen LogP contribution in [-0.2, 0) is 0 Å². The molecule has 3 heterocycles. The van der Waals surface area contributed by atoms with Crippen molar-refractivity contribution in [2.75, 3.05) is 36.0 Å². The third-order valence-corrected chi connectivity index (χ3v) is 8.71. The predicted octanol–water partition coefficient (Wildman–Crippen LogP) is 6.91. The zero-order valence-electron chi connectivity index (χ0n) is 25.3. The van der Waals surface area contributed by atoms with E-state index in [0.717, 1.165) is 37.6 Å². The van der Waals surface area contributed by atoms with Gasteiger partial charge in [0.15, 0.2) is 0 Å². The third kappa shape index (κ3) is 6.48. The predicted molar refractivity (Wildman–Crippen MR) is 193 cm³/mol. The van der Waals surface area contributed by atoms with Crippen molar-refractivity contribution >= 4 is 80.3 Å². The summed E-state index contributed by atoms with van der Waals surface area (Å²) < 4.78 is 0. The van der Waals surface area contributed by atoms with Crippen molar-refractivity contribution in [3.05, 3.63) is 138 Å². The van der Waals surface area contributed by atoms with Crippen LogP contribution < -0.4 is 20.9 Å². The molecule has 0 spiro atoms. The van der Waals surface area contributed by atoms with Crippen LogP contribution in [0.25, 0.3) is 45.7 Å². The van der Waals surface area contributed by atoms with Gasteiger partial charge in [0.2, 0.25) is 0 Å². The maximum atomic E-state index is 12.5. The third-order valence-electron chi connectivity index (χ3n) is 8.24. The van der Waals surface area contributed by atoms with Crippen molar-refractivity contribution in [3.8, 4) is 0 Å². The van der Waals surface area contributed by atoms with E-state index in [-0.39, 0.29) is 22.9 Å². The quantitative estimate of drug-likeness (QED) is 0.140. The number of benzene rings is 4. The maximum absolute atomic E-state index is 12.5. The zero-order valence-corrected chi connectivity index (χ0v) is 26.8. The number of hydrogen-bond donors (Lipinski definition) is 4. The van der Waals surface area contributed by atoms with E-state index in [9.17, 15) is 19.8 Å². The van der Waals surface area contributed by atoms with E-state index in [1.165, 1.54) is 12.2 Å². The Hall–Kier alpha value is -5.58. The van der Waals surface area contributed by atoms with Crippen molar-refractivity contribution in [2.24, 2.45) is 0 Å². The van der Waals surface area contributed by atoms with Crippen LogP contribution in [0.15, 0.2) is 94.5 Å². The molecular weight excluding hydrogens is 651 g/mol. The van der Waals surface area contributed by atoms with Crippen LogP contribution in [0.3, 0.4) is 0 Å². The van der Waals surface area contributed by atoms with Gasteiger partial charge in [0.05, 0.1) is 22.1 Å². The molecule has 2 aromatic heterocycles. The SMILES string of the molecule is O=c1[nH]c2cc(Cl)ccc2nc1/C=C(\O)c1ccc(N2CCN(c3ccc(/C(O)=C\c4nc5ccc(Cl)cc5[nH]c4=O)cc3)CC2)cc1. The summed E-state index contributed by atoms with van der Waals surface area (Å²) in [6.45, 7) is 3.15. The lowest BCUT2D eigenvalue weighted by Crippen LogP contribution is -2.46. The highest BCUT2D eigenvalue weighted by molar-refractivity contribution is 6.31. The fourth-order valence-corrected chi connectivity index (χ4v) is 6.02. The van der Waals surface area contributed by atoms with Crippen LogP contribution in [0.2, 0.25) is 10.0 Å². The molecule has 0 aliphatic carbocycles. The van der Waals surface area contributed by atoms with Gasteiger partial charge in [0.25, 0.3) is 11.1 Å². The molecule has 0 atom stereocenters. The number of nitrogens with zero attached hydrogens (tertiary/aromatic N) is 4. The summed E-state index contributed by atoms with van der Waals surface area (Å²) in [5, 5.41) is 22.5. The number of rotatable bonds is 6. The molecule has 4 N–H and O–H groups in total. The first-order valence-corrected chi connectivity index (χ1v) is 15.9. The van der Waals surface area contributed by atoms with Crippen molar-refractivity contribution in [2.45, 2.75) is 0 Å². The molecular formula is C36H28Cl2N6O4. The zero-order chi connectivity index (χ0) is 33.4. The number of piperazine rings is 1. The highest BCUT2D eigenvalue weighted by Gasteiger charge is 2.18. The lowest BCUT2D eigenvalue weighted by atomic mass is 10.1. The van der Waals surface area contributed by atoms with E-state index in [1.807, 2.05) is 48.5 Å². The lowest BCUT2D eigenvalue weighted by Gasteiger charge is -2.37. The van der Waals surface area contributed by atoms with E-state index in [2.05, 4.69) is 29.7 Å². The van der Waals surface area contributed by atoms with Crippen LogP contribution in [0.4, 0.5) is 11.4 Å². The Balaban J connectivity index is 0.985. The second kappa shape index (κ2) is 12.9. The van der Waals surface area contributed by atoms with Gasteiger partial charge in [0.1, 0.15) is 22.9 Å². The lowest BCUT2D eigenvalue weighted by molar-refractivity contribution is 0.514. The monoisotopic (exact) mass is 678 g/mol. The van der Waals surface area contributed by atoms with Crippen LogP contribution in [0.5, 0.6) is 0 Å². The number of hydrogen-bond acceptors (Lipinski definition) is 8. The summed E-state index contributed by atoms with van der Waals surface area (Å²) in [5.74, 6) is -0.125. The molecule has 240 valence electrons. The number of aliphatic hydroxyl groups excluding tert-OH is 2. The standard InChI is InChI=1S/C36H28Cl2N6O4/c37-23-5-11-27-29(17-23)41-35(47)31(39-27)19-33(45)21-1-7-25(8-2-21)43-13-15-44(16-14-43)26-9-3-22(4-10-26)34(46)20-32-36(48)42-30-18-24(38)6-12-28(30)40-32/h1-12,17-20,45-46H,13-16H2,(H,41,47)(H,42,48)/b33-19-,34-20+. The molecule has 6 aromatic rings. The molecule has 12 heteroatoms. The number of H-pyrrole nitrogens is 2. The normalized spacial score (nSPS) is 14.2. The fourth-order valence-electron chi connectivity index (χ4n) is 5.68. The van der Waals surface area contributed by atoms with E-state index in [0.29, 0.717) is 43.2 Å². The van der Waals surface area contributed by atoms with E-state index in [1.54, 1.807) is 36.4 Å². The number of fused-ring (bicyclic) bond motifs is 2. The van der Waals surface area contributed by atoms with Crippen molar-refractivity contribution in [3.63, 3.8) is 0 Å². The van der Waals surface area contributed by atoms with Gasteiger partial charge in [-0.25, -0.2) is 9.97 Å². The summed E-state index contributed by atoms with van der Waals surface area (Å²) in [6, 6.07) is 25.1. The van der Waals surface area contributed by atoms with Gasteiger partial charge in [-0.1, -0.05) is 23.2 Å². The molecule has 1 fully saturated rings.